The summed E-state index contributed by atoms with van der Waals surface area (Å²) in [6.45, 7) is 10.1. The minimum absolute atomic E-state index is 0.0377. The molecule has 3 fully saturated rings. The highest BCUT2D eigenvalue weighted by atomic mass is 16.8. The first-order valence-electron chi connectivity index (χ1n) is 12.6. The number of aromatic nitrogens is 3. The van der Waals surface area contributed by atoms with Crippen LogP contribution in [0.5, 0.6) is 0 Å². The predicted molar refractivity (Wildman–Crippen MR) is 124 cm³/mol. The van der Waals surface area contributed by atoms with E-state index in [9.17, 15) is 0 Å². The molecule has 3 aliphatic heterocycles. The maximum Gasteiger partial charge on any atom is 0.163 e. The molecule has 3 saturated heterocycles. The zero-order valence-electron chi connectivity index (χ0n) is 21.3. The van der Waals surface area contributed by atoms with Crippen molar-refractivity contribution in [3.63, 3.8) is 0 Å². The molecule has 0 aliphatic carbocycles. The van der Waals surface area contributed by atoms with E-state index < -0.39 is 11.4 Å². The van der Waals surface area contributed by atoms with Crippen LogP contribution in [0.3, 0.4) is 0 Å². The fourth-order valence-electron chi connectivity index (χ4n) is 4.47. The third-order valence-electron chi connectivity index (χ3n) is 6.03. The van der Waals surface area contributed by atoms with Crippen LogP contribution < -0.4 is 5.73 Å². The minimum atomic E-state index is -0.625. The summed E-state index contributed by atoms with van der Waals surface area (Å²) in [7, 11) is 0. The van der Waals surface area contributed by atoms with Gasteiger partial charge in [0.2, 0.25) is 0 Å². The number of fused-ring (bicyclic) bond motifs is 4. The van der Waals surface area contributed by atoms with E-state index >= 15 is 0 Å². The summed E-state index contributed by atoms with van der Waals surface area (Å²) >= 11 is 0. The first-order valence-corrected chi connectivity index (χ1v) is 12.6. The summed E-state index contributed by atoms with van der Waals surface area (Å²) in [5.41, 5.74) is 5.54. The van der Waals surface area contributed by atoms with Gasteiger partial charge in [0.1, 0.15) is 17.4 Å². The van der Waals surface area contributed by atoms with Crippen LogP contribution in [-0.4, -0.2) is 117 Å². The third kappa shape index (κ3) is 7.87. The molecular formula is C23H40N4O9. The van der Waals surface area contributed by atoms with Gasteiger partial charge in [0.05, 0.1) is 91.5 Å². The van der Waals surface area contributed by atoms with Crippen LogP contribution >= 0.6 is 0 Å². The van der Waals surface area contributed by atoms with Crippen molar-refractivity contribution >= 4 is 0 Å². The maximum atomic E-state index is 6.10. The fourth-order valence-corrected chi connectivity index (χ4v) is 4.47. The Balaban J connectivity index is 0.961. The first kappa shape index (κ1) is 27.8. The van der Waals surface area contributed by atoms with Crippen LogP contribution in [0.2, 0.25) is 0 Å². The molecule has 0 spiro atoms. The van der Waals surface area contributed by atoms with Crippen LogP contribution in [-0.2, 0) is 55.8 Å². The standard InChI is InChI=1S/C23H40N4O9/c1-22(2)34-19-13-20-33-17-23(35-20,21(19)36-22)16-32-12-11-30-10-9-29-8-7-28-6-4-27-14-18(25-26-27)15-31-5-3-24/h14,19-21H,3-13,15-17,24H2,1-2H3/t19-,20+,21-,23+/m1/s1. The second-order valence-electron chi connectivity index (χ2n) is 9.46. The number of hydrogen-bond acceptors (Lipinski definition) is 12. The van der Waals surface area contributed by atoms with E-state index in [0.717, 1.165) is 5.69 Å². The summed E-state index contributed by atoms with van der Waals surface area (Å²) in [4.78, 5) is 0. The van der Waals surface area contributed by atoms with Crippen LogP contribution in [0.25, 0.3) is 0 Å². The second-order valence-corrected chi connectivity index (χ2v) is 9.46. The van der Waals surface area contributed by atoms with Crippen molar-refractivity contribution in [2.24, 2.45) is 5.73 Å². The summed E-state index contributed by atoms with van der Waals surface area (Å²) in [5, 5.41) is 8.07. The van der Waals surface area contributed by atoms with Gasteiger partial charge in [0.25, 0.3) is 0 Å². The number of hydrogen-bond donors (Lipinski definition) is 1. The van der Waals surface area contributed by atoms with Crippen LogP contribution in [0, 0.1) is 0 Å². The van der Waals surface area contributed by atoms with E-state index in [1.54, 1.807) is 4.68 Å². The predicted octanol–water partition coefficient (Wildman–Crippen LogP) is -0.145. The van der Waals surface area contributed by atoms with Gasteiger partial charge in [-0.3, -0.25) is 0 Å². The smallest absolute Gasteiger partial charge is 0.163 e. The van der Waals surface area contributed by atoms with Crippen LogP contribution in [0.15, 0.2) is 6.20 Å². The Morgan fingerprint density at radius 3 is 2.42 bits per heavy atom. The van der Waals surface area contributed by atoms with Gasteiger partial charge < -0.3 is 48.4 Å². The van der Waals surface area contributed by atoms with Gasteiger partial charge in [-0.15, -0.1) is 5.10 Å². The Hall–Kier alpha value is -1.26. The van der Waals surface area contributed by atoms with Crippen molar-refractivity contribution in [2.75, 3.05) is 72.6 Å². The highest BCUT2D eigenvalue weighted by molar-refractivity contribution is 5.05. The molecule has 2 N–H and O–H groups in total. The van der Waals surface area contributed by atoms with E-state index in [1.807, 2.05) is 20.0 Å². The summed E-state index contributed by atoms with van der Waals surface area (Å²) in [6.07, 6.45) is 2.03. The zero-order valence-corrected chi connectivity index (χ0v) is 21.3. The lowest BCUT2D eigenvalue weighted by Crippen LogP contribution is -2.56. The highest BCUT2D eigenvalue weighted by Crippen LogP contribution is 2.46. The number of nitrogens with two attached hydrogens (primary N) is 1. The zero-order chi connectivity index (χ0) is 25.3. The Morgan fingerprint density at radius 1 is 0.944 bits per heavy atom. The lowest BCUT2D eigenvalue weighted by atomic mass is 9.91. The van der Waals surface area contributed by atoms with Gasteiger partial charge in [0, 0.05) is 13.0 Å². The molecule has 206 valence electrons. The van der Waals surface area contributed by atoms with Crippen molar-refractivity contribution in [3.05, 3.63) is 11.9 Å². The average Bonchev–Trinajstić information content (AvgIpc) is 3.53. The molecule has 0 amide bonds. The maximum absolute atomic E-state index is 6.10. The molecule has 4 atom stereocenters. The van der Waals surface area contributed by atoms with Gasteiger partial charge in [-0.2, -0.15) is 0 Å². The van der Waals surface area contributed by atoms with E-state index in [0.29, 0.717) is 92.2 Å². The SMILES string of the molecule is CC1(C)O[C@@H]2[C@@H](C[C@H]3OC[C@]2(COCCOCCOCCOCCn2cc(COCCN)nn2)O3)O1. The number of nitrogens with zero attached hydrogens (tertiary/aromatic N) is 3. The molecule has 3 aliphatic rings. The summed E-state index contributed by atoms with van der Waals surface area (Å²) < 4.78 is 53.6. The molecular weight excluding hydrogens is 476 g/mol. The van der Waals surface area contributed by atoms with Crippen molar-refractivity contribution < 1.29 is 42.6 Å². The summed E-state index contributed by atoms with van der Waals surface area (Å²) in [5.74, 6) is -0.619. The lowest BCUT2D eigenvalue weighted by molar-refractivity contribution is -0.204. The Morgan fingerprint density at radius 2 is 1.67 bits per heavy atom. The second kappa shape index (κ2) is 13.5. The first-order chi connectivity index (χ1) is 17.5. The molecule has 0 unspecified atom stereocenters. The van der Waals surface area contributed by atoms with Crippen LogP contribution in [0.4, 0.5) is 0 Å². The van der Waals surface area contributed by atoms with Crippen LogP contribution in [0.1, 0.15) is 26.0 Å². The molecule has 13 nitrogen and oxygen atoms in total. The summed E-state index contributed by atoms with van der Waals surface area (Å²) in [6, 6.07) is 0. The van der Waals surface area contributed by atoms with Crippen molar-refractivity contribution in [1.82, 2.24) is 15.0 Å². The Kier molecular flexibility index (Phi) is 10.4. The van der Waals surface area contributed by atoms with E-state index in [2.05, 4.69) is 10.3 Å². The topological polar surface area (TPSA) is 140 Å². The molecule has 1 aromatic rings. The van der Waals surface area contributed by atoms with Crippen molar-refractivity contribution in [2.45, 2.75) is 63.3 Å². The van der Waals surface area contributed by atoms with Crippen molar-refractivity contribution in [1.29, 1.82) is 0 Å². The molecule has 0 radical (unpaired) electrons. The molecule has 36 heavy (non-hydrogen) atoms. The van der Waals surface area contributed by atoms with Crippen molar-refractivity contribution in [3.8, 4) is 0 Å². The molecule has 0 saturated carbocycles. The minimum Gasteiger partial charge on any atom is -0.377 e. The molecule has 4 rings (SSSR count). The highest BCUT2D eigenvalue weighted by Gasteiger charge is 2.62. The molecule has 0 aromatic carbocycles. The van der Waals surface area contributed by atoms with E-state index in [1.165, 1.54) is 0 Å². The Labute approximate surface area is 211 Å². The average molecular weight is 517 g/mol. The largest absolute Gasteiger partial charge is 0.377 e. The number of ether oxygens (including phenoxy) is 9. The molecule has 13 heteroatoms. The van der Waals surface area contributed by atoms with Gasteiger partial charge >= 0.3 is 0 Å². The number of rotatable bonds is 18. The van der Waals surface area contributed by atoms with Gasteiger partial charge in [-0.05, 0) is 13.8 Å². The van der Waals surface area contributed by atoms with Gasteiger partial charge in [0.15, 0.2) is 12.1 Å². The fraction of sp³-hybridized carbons (Fsp3) is 0.913. The lowest BCUT2D eigenvalue weighted by Gasteiger charge is -2.38. The van der Waals surface area contributed by atoms with E-state index in [4.69, 9.17) is 48.4 Å². The third-order valence-corrected chi connectivity index (χ3v) is 6.03. The Bertz CT molecular complexity index is 783. The quantitative estimate of drug-likeness (QED) is 0.260. The molecule has 1 aromatic heterocycles. The van der Waals surface area contributed by atoms with Gasteiger partial charge in [-0.25, -0.2) is 4.68 Å². The monoisotopic (exact) mass is 516 g/mol. The molecule has 4 heterocycles. The molecule has 2 bridgehead atoms. The van der Waals surface area contributed by atoms with E-state index in [-0.39, 0.29) is 18.5 Å². The van der Waals surface area contributed by atoms with Gasteiger partial charge in [-0.1, -0.05) is 5.21 Å². The normalized spacial score (nSPS) is 28.6.